The highest BCUT2D eigenvalue weighted by Gasteiger charge is 2.12. The number of aromatic nitrogens is 3. The molecule has 0 fully saturated rings. The Bertz CT molecular complexity index is 1020. The summed E-state index contributed by atoms with van der Waals surface area (Å²) in [6, 6.07) is 8.35. The first-order valence-corrected chi connectivity index (χ1v) is 6.47. The molecule has 0 unspecified atom stereocenters. The molecule has 0 saturated heterocycles. The van der Waals surface area contributed by atoms with Gasteiger partial charge in [-0.1, -0.05) is 0 Å². The van der Waals surface area contributed by atoms with Crippen molar-refractivity contribution in [2.45, 2.75) is 0 Å². The molecule has 4 aromatic rings. The average Bonchev–Trinajstić information content (AvgIpc) is 2.90. The Morgan fingerprint density at radius 1 is 1.14 bits per heavy atom. The zero-order valence-corrected chi connectivity index (χ0v) is 10.9. The lowest BCUT2D eigenvalue weighted by atomic mass is 10.1. The van der Waals surface area contributed by atoms with Crippen molar-refractivity contribution in [1.82, 2.24) is 15.0 Å². The molecule has 0 atom stereocenters. The zero-order chi connectivity index (χ0) is 14.4. The molecule has 0 saturated carbocycles. The summed E-state index contributed by atoms with van der Waals surface area (Å²) in [4.78, 5) is 22.4. The van der Waals surface area contributed by atoms with Gasteiger partial charge >= 0.3 is 0 Å². The number of rotatable bonds is 1. The van der Waals surface area contributed by atoms with Crippen molar-refractivity contribution in [3.63, 3.8) is 0 Å². The molecular formula is C16H10FN3O. The van der Waals surface area contributed by atoms with Gasteiger partial charge in [-0.05, 0) is 30.3 Å². The third kappa shape index (κ3) is 1.74. The van der Waals surface area contributed by atoms with Crippen LogP contribution in [0.25, 0.3) is 33.1 Å². The lowest BCUT2D eigenvalue weighted by molar-refractivity contribution is 0.620. The topological polar surface area (TPSA) is 61.5 Å². The molecule has 0 aliphatic rings. The van der Waals surface area contributed by atoms with E-state index in [-0.39, 0.29) is 0 Å². The van der Waals surface area contributed by atoms with E-state index in [9.17, 15) is 9.18 Å². The molecule has 0 aliphatic carbocycles. The second-order valence-corrected chi connectivity index (χ2v) is 4.84. The average molecular weight is 279 g/mol. The molecule has 0 aliphatic heterocycles. The molecule has 2 N–H and O–H groups in total. The number of hydrogen-bond donors (Lipinski definition) is 2. The second kappa shape index (κ2) is 4.28. The van der Waals surface area contributed by atoms with E-state index in [0.29, 0.717) is 16.3 Å². The summed E-state index contributed by atoms with van der Waals surface area (Å²) >= 11 is 0. The largest absolute Gasteiger partial charge is 0.359 e. The van der Waals surface area contributed by atoms with Gasteiger partial charge in [0.15, 0.2) is 5.82 Å². The van der Waals surface area contributed by atoms with Crippen molar-refractivity contribution in [1.29, 1.82) is 0 Å². The fourth-order valence-corrected chi connectivity index (χ4v) is 2.56. The summed E-state index contributed by atoms with van der Waals surface area (Å²) in [7, 11) is 0. The first kappa shape index (κ1) is 11.8. The number of aromatic amines is 2. The normalized spacial score (nSPS) is 11.3. The van der Waals surface area contributed by atoms with Crippen LogP contribution in [0.2, 0.25) is 0 Å². The highest BCUT2D eigenvalue weighted by atomic mass is 19.1. The summed E-state index contributed by atoms with van der Waals surface area (Å²) in [6.45, 7) is 0. The van der Waals surface area contributed by atoms with Crippen LogP contribution in [0.1, 0.15) is 0 Å². The van der Waals surface area contributed by atoms with Crippen molar-refractivity contribution >= 4 is 21.8 Å². The SMILES string of the molecule is O=c1c(F)ccc2[nH]c3c[nH]c(-c4cccnc4)cc3c12. The summed E-state index contributed by atoms with van der Waals surface area (Å²) in [5.74, 6) is -0.737. The Hall–Kier alpha value is -2.95. The molecule has 4 nitrogen and oxygen atoms in total. The Morgan fingerprint density at radius 2 is 2.05 bits per heavy atom. The summed E-state index contributed by atoms with van der Waals surface area (Å²) in [5, 5.41) is 1.08. The van der Waals surface area contributed by atoms with Gasteiger partial charge in [0.05, 0.1) is 16.4 Å². The van der Waals surface area contributed by atoms with Crippen molar-refractivity contribution in [3.05, 3.63) is 65.0 Å². The maximum Gasteiger partial charge on any atom is 0.224 e. The minimum absolute atomic E-state index is 0.379. The van der Waals surface area contributed by atoms with Crippen LogP contribution >= 0.6 is 0 Å². The monoisotopic (exact) mass is 279 g/mol. The molecule has 0 radical (unpaired) electrons. The summed E-state index contributed by atoms with van der Waals surface area (Å²) in [5.41, 5.74) is 2.54. The van der Waals surface area contributed by atoms with Crippen molar-refractivity contribution < 1.29 is 4.39 Å². The van der Waals surface area contributed by atoms with E-state index >= 15 is 0 Å². The number of nitrogens with zero attached hydrogens (tertiary/aromatic N) is 1. The number of halogens is 1. The van der Waals surface area contributed by atoms with Crippen molar-refractivity contribution in [2.75, 3.05) is 0 Å². The van der Waals surface area contributed by atoms with E-state index in [1.54, 1.807) is 24.7 Å². The number of hydrogen-bond acceptors (Lipinski definition) is 2. The van der Waals surface area contributed by atoms with Crippen LogP contribution in [0.3, 0.4) is 0 Å². The van der Waals surface area contributed by atoms with Gasteiger partial charge in [0.2, 0.25) is 5.43 Å². The molecule has 4 rings (SSSR count). The number of fused-ring (bicyclic) bond motifs is 3. The molecule has 5 heteroatoms. The van der Waals surface area contributed by atoms with E-state index in [4.69, 9.17) is 0 Å². The van der Waals surface area contributed by atoms with E-state index in [1.807, 2.05) is 18.2 Å². The Morgan fingerprint density at radius 3 is 2.86 bits per heavy atom. The Labute approximate surface area is 118 Å². The number of benzene rings is 1. The highest BCUT2D eigenvalue weighted by Crippen LogP contribution is 2.26. The molecule has 0 spiro atoms. The van der Waals surface area contributed by atoms with Crippen LogP contribution in [0, 0.1) is 5.82 Å². The summed E-state index contributed by atoms with van der Waals surface area (Å²) < 4.78 is 13.5. The lowest BCUT2D eigenvalue weighted by Gasteiger charge is -2.01. The van der Waals surface area contributed by atoms with Crippen LogP contribution in [0.5, 0.6) is 0 Å². The number of pyridine rings is 2. The van der Waals surface area contributed by atoms with Gasteiger partial charge in [-0.2, -0.15) is 0 Å². The lowest BCUT2D eigenvalue weighted by Crippen LogP contribution is -2.04. The molecule has 0 bridgehead atoms. The fraction of sp³-hybridized carbons (Fsp3) is 0. The number of H-pyrrole nitrogens is 2. The summed E-state index contributed by atoms with van der Waals surface area (Å²) in [6.07, 6.45) is 5.19. The van der Waals surface area contributed by atoms with Gasteiger partial charge in [0.1, 0.15) is 0 Å². The van der Waals surface area contributed by atoms with Crippen LogP contribution < -0.4 is 5.43 Å². The third-order valence-electron chi connectivity index (χ3n) is 3.57. The van der Waals surface area contributed by atoms with Crippen molar-refractivity contribution in [3.8, 4) is 11.3 Å². The quantitative estimate of drug-likeness (QED) is 0.562. The minimum atomic E-state index is -0.737. The van der Waals surface area contributed by atoms with Gasteiger partial charge in [0, 0.05) is 35.2 Å². The van der Waals surface area contributed by atoms with E-state index in [1.165, 1.54) is 6.07 Å². The predicted octanol–water partition coefficient (Wildman–Crippen LogP) is 3.21. The van der Waals surface area contributed by atoms with Crippen LogP contribution in [0.15, 0.2) is 53.7 Å². The van der Waals surface area contributed by atoms with Gasteiger partial charge in [-0.3, -0.25) is 9.78 Å². The first-order valence-electron chi connectivity index (χ1n) is 6.47. The zero-order valence-electron chi connectivity index (χ0n) is 10.9. The van der Waals surface area contributed by atoms with E-state index in [2.05, 4.69) is 15.0 Å². The predicted molar refractivity (Wildman–Crippen MR) is 79.6 cm³/mol. The molecular weight excluding hydrogens is 269 g/mol. The molecule has 0 amide bonds. The molecule has 21 heavy (non-hydrogen) atoms. The Balaban J connectivity index is 2.09. The van der Waals surface area contributed by atoms with Gasteiger partial charge in [-0.25, -0.2) is 4.39 Å². The third-order valence-corrected chi connectivity index (χ3v) is 3.57. The van der Waals surface area contributed by atoms with Crippen LogP contribution in [-0.2, 0) is 0 Å². The highest BCUT2D eigenvalue weighted by molar-refractivity contribution is 6.07. The second-order valence-electron chi connectivity index (χ2n) is 4.84. The number of nitrogens with one attached hydrogen (secondary N) is 2. The first-order chi connectivity index (χ1) is 10.2. The molecule has 1 aromatic carbocycles. The smallest absolute Gasteiger partial charge is 0.224 e. The van der Waals surface area contributed by atoms with Gasteiger partial charge in [0.25, 0.3) is 0 Å². The van der Waals surface area contributed by atoms with Gasteiger partial charge < -0.3 is 9.97 Å². The molecule has 3 heterocycles. The van der Waals surface area contributed by atoms with Crippen LogP contribution in [0.4, 0.5) is 4.39 Å². The fourth-order valence-electron chi connectivity index (χ4n) is 2.56. The molecule has 3 aromatic heterocycles. The minimum Gasteiger partial charge on any atom is -0.359 e. The van der Waals surface area contributed by atoms with Crippen LogP contribution in [-0.4, -0.2) is 15.0 Å². The standard InChI is InChI=1S/C16H10FN3O/c17-11-3-4-12-15(16(11)21)10-6-13(19-8-14(10)20-12)9-2-1-5-18-7-9/h1-8,19-20H. The van der Waals surface area contributed by atoms with Crippen molar-refractivity contribution in [2.24, 2.45) is 0 Å². The maximum atomic E-state index is 13.5. The van der Waals surface area contributed by atoms with E-state index < -0.39 is 11.2 Å². The van der Waals surface area contributed by atoms with Gasteiger partial charge in [-0.15, -0.1) is 0 Å². The van der Waals surface area contributed by atoms with E-state index in [0.717, 1.165) is 16.8 Å². The molecule has 102 valence electrons. The Kier molecular flexibility index (Phi) is 2.41. The maximum absolute atomic E-state index is 13.5.